The van der Waals surface area contributed by atoms with Gasteiger partial charge in [-0.15, -0.1) is 0 Å². The maximum absolute atomic E-state index is 10.4. The Morgan fingerprint density at radius 3 is 2.29 bits per heavy atom. The molecule has 0 unspecified atom stereocenters. The quantitative estimate of drug-likeness (QED) is 0.598. The SMILES string of the molecule is COC1(OC)C=CC(O)(C2=CCCCO2)C=C1. The molecule has 94 valence electrons. The van der Waals surface area contributed by atoms with Gasteiger partial charge in [-0.25, -0.2) is 0 Å². The third-order valence-electron chi connectivity index (χ3n) is 3.11. The Labute approximate surface area is 101 Å². The van der Waals surface area contributed by atoms with Gasteiger partial charge < -0.3 is 19.3 Å². The van der Waals surface area contributed by atoms with E-state index in [1.54, 1.807) is 38.5 Å². The van der Waals surface area contributed by atoms with Gasteiger partial charge in [0.25, 0.3) is 0 Å². The minimum Gasteiger partial charge on any atom is -0.494 e. The van der Waals surface area contributed by atoms with Crippen LogP contribution in [0.1, 0.15) is 12.8 Å². The first-order chi connectivity index (χ1) is 8.14. The van der Waals surface area contributed by atoms with Crippen LogP contribution in [0.25, 0.3) is 0 Å². The van der Waals surface area contributed by atoms with Gasteiger partial charge >= 0.3 is 0 Å². The molecule has 1 N–H and O–H groups in total. The lowest BCUT2D eigenvalue weighted by Gasteiger charge is -2.33. The second-order valence-corrected chi connectivity index (χ2v) is 4.18. The standard InChI is InChI=1S/C13H18O4/c1-15-13(16-2)8-6-12(14,7-9-13)11-5-3-4-10-17-11/h5-9,14H,3-4,10H2,1-2H3. The Kier molecular flexibility index (Phi) is 3.38. The third kappa shape index (κ3) is 2.29. The molecule has 0 aromatic rings. The molecule has 1 aliphatic carbocycles. The molecule has 0 spiro atoms. The van der Waals surface area contributed by atoms with E-state index in [0.29, 0.717) is 12.4 Å². The summed E-state index contributed by atoms with van der Waals surface area (Å²) in [6.45, 7) is 0.648. The number of hydrogen-bond donors (Lipinski definition) is 1. The fourth-order valence-electron chi connectivity index (χ4n) is 1.95. The zero-order valence-corrected chi connectivity index (χ0v) is 10.2. The summed E-state index contributed by atoms with van der Waals surface area (Å²) in [4.78, 5) is 0. The lowest BCUT2D eigenvalue weighted by molar-refractivity contribution is -0.136. The molecule has 2 rings (SSSR count). The van der Waals surface area contributed by atoms with Crippen molar-refractivity contribution in [2.75, 3.05) is 20.8 Å². The summed E-state index contributed by atoms with van der Waals surface area (Å²) in [7, 11) is 3.11. The van der Waals surface area contributed by atoms with E-state index in [9.17, 15) is 5.11 Å². The fraction of sp³-hybridized carbons (Fsp3) is 0.538. The second kappa shape index (κ2) is 4.64. The summed E-state index contributed by atoms with van der Waals surface area (Å²) in [5, 5.41) is 10.4. The first-order valence-corrected chi connectivity index (χ1v) is 5.71. The van der Waals surface area contributed by atoms with Crippen LogP contribution in [0.2, 0.25) is 0 Å². The van der Waals surface area contributed by atoms with Crippen molar-refractivity contribution in [2.45, 2.75) is 24.2 Å². The Balaban J connectivity index is 2.21. The van der Waals surface area contributed by atoms with Gasteiger partial charge in [0.2, 0.25) is 5.79 Å². The maximum atomic E-state index is 10.4. The average Bonchev–Trinajstić information content (AvgIpc) is 2.41. The maximum Gasteiger partial charge on any atom is 0.207 e. The Morgan fingerprint density at radius 1 is 1.18 bits per heavy atom. The van der Waals surface area contributed by atoms with Crippen LogP contribution in [0.3, 0.4) is 0 Å². The van der Waals surface area contributed by atoms with E-state index in [2.05, 4.69) is 0 Å². The van der Waals surface area contributed by atoms with Crippen LogP contribution in [0.5, 0.6) is 0 Å². The molecule has 0 saturated heterocycles. The number of allylic oxidation sites excluding steroid dienone is 1. The van der Waals surface area contributed by atoms with E-state index in [1.807, 2.05) is 6.08 Å². The van der Waals surface area contributed by atoms with Crippen molar-refractivity contribution in [3.05, 3.63) is 36.1 Å². The van der Waals surface area contributed by atoms with E-state index in [4.69, 9.17) is 14.2 Å². The second-order valence-electron chi connectivity index (χ2n) is 4.18. The zero-order chi connectivity index (χ0) is 12.4. The zero-order valence-electron chi connectivity index (χ0n) is 10.2. The molecule has 4 nitrogen and oxygen atoms in total. The van der Waals surface area contributed by atoms with Gasteiger partial charge in [0.05, 0.1) is 6.61 Å². The molecular weight excluding hydrogens is 220 g/mol. The summed E-state index contributed by atoms with van der Waals surface area (Å²) < 4.78 is 16.0. The van der Waals surface area contributed by atoms with E-state index < -0.39 is 11.4 Å². The van der Waals surface area contributed by atoms with Crippen molar-refractivity contribution in [1.29, 1.82) is 0 Å². The predicted octanol–water partition coefficient (Wildman–Crippen LogP) is 1.53. The summed E-state index contributed by atoms with van der Waals surface area (Å²) >= 11 is 0. The fourth-order valence-corrected chi connectivity index (χ4v) is 1.95. The Bertz CT molecular complexity index is 348. The third-order valence-corrected chi connectivity index (χ3v) is 3.11. The highest BCUT2D eigenvalue weighted by Crippen LogP contribution is 2.32. The molecule has 0 saturated carbocycles. The minimum atomic E-state index is -1.18. The average molecular weight is 238 g/mol. The predicted molar refractivity (Wildman–Crippen MR) is 63.2 cm³/mol. The van der Waals surface area contributed by atoms with Crippen molar-refractivity contribution < 1.29 is 19.3 Å². The molecule has 0 bridgehead atoms. The molecular formula is C13H18O4. The minimum absolute atomic E-state index is 0.581. The topological polar surface area (TPSA) is 47.9 Å². The molecule has 0 atom stereocenters. The monoisotopic (exact) mass is 238 g/mol. The molecule has 2 aliphatic rings. The summed E-state index contributed by atoms with van der Waals surface area (Å²) in [6.07, 6.45) is 10.5. The molecule has 0 aromatic heterocycles. The van der Waals surface area contributed by atoms with E-state index in [0.717, 1.165) is 12.8 Å². The normalized spacial score (nSPS) is 25.2. The molecule has 17 heavy (non-hydrogen) atoms. The van der Waals surface area contributed by atoms with Crippen LogP contribution in [0.15, 0.2) is 36.1 Å². The van der Waals surface area contributed by atoms with E-state index in [-0.39, 0.29) is 0 Å². The molecule has 0 fully saturated rings. The van der Waals surface area contributed by atoms with Gasteiger partial charge in [-0.3, -0.25) is 0 Å². The molecule has 4 heteroatoms. The number of rotatable bonds is 3. The number of ether oxygens (including phenoxy) is 3. The van der Waals surface area contributed by atoms with Crippen LogP contribution in [-0.4, -0.2) is 37.3 Å². The highest BCUT2D eigenvalue weighted by molar-refractivity contribution is 5.36. The van der Waals surface area contributed by atoms with E-state index in [1.165, 1.54) is 0 Å². The molecule has 0 aromatic carbocycles. The van der Waals surface area contributed by atoms with Crippen LogP contribution >= 0.6 is 0 Å². The van der Waals surface area contributed by atoms with Gasteiger partial charge in [-0.1, -0.05) is 0 Å². The highest BCUT2D eigenvalue weighted by atomic mass is 16.7. The molecule has 0 amide bonds. The van der Waals surface area contributed by atoms with Gasteiger partial charge in [-0.2, -0.15) is 0 Å². The first kappa shape index (κ1) is 12.4. The molecule has 1 heterocycles. The number of methoxy groups -OCH3 is 2. The summed E-state index contributed by atoms with van der Waals surface area (Å²) in [6, 6.07) is 0. The first-order valence-electron chi connectivity index (χ1n) is 5.71. The Hall–Kier alpha value is -1.10. The number of aliphatic hydroxyl groups is 1. The highest BCUT2D eigenvalue weighted by Gasteiger charge is 2.36. The van der Waals surface area contributed by atoms with Gasteiger partial charge in [0, 0.05) is 14.2 Å². The van der Waals surface area contributed by atoms with Crippen LogP contribution < -0.4 is 0 Å². The molecule has 0 radical (unpaired) electrons. The lowest BCUT2D eigenvalue weighted by atomic mass is 9.92. The van der Waals surface area contributed by atoms with Crippen LogP contribution in [0, 0.1) is 0 Å². The van der Waals surface area contributed by atoms with Crippen molar-refractivity contribution in [2.24, 2.45) is 0 Å². The van der Waals surface area contributed by atoms with Gasteiger partial charge in [-0.05, 0) is 43.2 Å². The number of hydrogen-bond acceptors (Lipinski definition) is 4. The lowest BCUT2D eigenvalue weighted by Crippen LogP contribution is -2.38. The van der Waals surface area contributed by atoms with Crippen LogP contribution in [0.4, 0.5) is 0 Å². The summed E-state index contributed by atoms with van der Waals surface area (Å²) in [5.74, 6) is -0.307. The smallest absolute Gasteiger partial charge is 0.207 e. The van der Waals surface area contributed by atoms with Crippen molar-refractivity contribution in [3.8, 4) is 0 Å². The Morgan fingerprint density at radius 2 is 1.82 bits per heavy atom. The van der Waals surface area contributed by atoms with Crippen molar-refractivity contribution >= 4 is 0 Å². The van der Waals surface area contributed by atoms with E-state index >= 15 is 0 Å². The van der Waals surface area contributed by atoms with Crippen molar-refractivity contribution in [1.82, 2.24) is 0 Å². The summed E-state index contributed by atoms with van der Waals surface area (Å²) in [5.41, 5.74) is -1.18. The molecule has 1 aliphatic heterocycles. The van der Waals surface area contributed by atoms with Gasteiger partial charge in [0.1, 0.15) is 5.76 Å². The van der Waals surface area contributed by atoms with Crippen LogP contribution in [-0.2, 0) is 14.2 Å². The van der Waals surface area contributed by atoms with Crippen molar-refractivity contribution in [3.63, 3.8) is 0 Å². The van der Waals surface area contributed by atoms with Gasteiger partial charge in [0.15, 0.2) is 5.60 Å². The largest absolute Gasteiger partial charge is 0.494 e.